The molecule has 0 aliphatic heterocycles. The van der Waals surface area contributed by atoms with Crippen LogP contribution in [0.4, 0.5) is 4.39 Å². The molecular formula is C21H21F. The maximum Gasteiger partial charge on any atom is 0.126 e. The number of allylic oxidation sites excluding steroid dienone is 3. The Bertz CT molecular complexity index is 822. The van der Waals surface area contributed by atoms with Gasteiger partial charge in [0.25, 0.3) is 0 Å². The van der Waals surface area contributed by atoms with Crippen LogP contribution in [0.1, 0.15) is 38.9 Å². The van der Waals surface area contributed by atoms with Crippen LogP contribution in [0.3, 0.4) is 0 Å². The molecule has 0 spiro atoms. The van der Waals surface area contributed by atoms with Crippen LogP contribution in [0.25, 0.3) is 11.1 Å². The lowest BCUT2D eigenvalue weighted by atomic mass is 9.82. The largest absolute Gasteiger partial charge is 0.207 e. The molecule has 0 fully saturated rings. The van der Waals surface area contributed by atoms with Crippen molar-refractivity contribution in [2.75, 3.05) is 0 Å². The first-order chi connectivity index (χ1) is 10.4. The van der Waals surface area contributed by atoms with E-state index in [4.69, 9.17) is 0 Å². The quantitative estimate of drug-likeness (QED) is 0.631. The Morgan fingerprint density at radius 2 is 1.68 bits per heavy atom. The average Bonchev–Trinajstić information content (AvgIpc) is 2.47. The highest BCUT2D eigenvalue weighted by Crippen LogP contribution is 2.37. The van der Waals surface area contributed by atoms with Gasteiger partial charge in [-0.25, -0.2) is 4.39 Å². The van der Waals surface area contributed by atoms with E-state index in [-0.39, 0.29) is 5.82 Å². The Morgan fingerprint density at radius 1 is 0.955 bits per heavy atom. The fourth-order valence-electron chi connectivity index (χ4n) is 3.19. The van der Waals surface area contributed by atoms with E-state index in [0.29, 0.717) is 0 Å². The molecule has 3 rings (SSSR count). The van der Waals surface area contributed by atoms with E-state index in [9.17, 15) is 4.39 Å². The van der Waals surface area contributed by atoms with Crippen molar-refractivity contribution >= 4 is 11.1 Å². The standard InChI is InChI=1S/C21H21F/c1-12-6-7-17(8-13(12)2)18-9-14(3)21-16(5)15(4)20(22)11-19(21)10-18/h6-9,11H,3,10H2,1-2,4-5H3. The second-order valence-electron chi connectivity index (χ2n) is 6.31. The van der Waals surface area contributed by atoms with Gasteiger partial charge in [0.15, 0.2) is 0 Å². The Balaban J connectivity index is 2.10. The number of rotatable bonds is 1. The number of hydrogen-bond donors (Lipinski definition) is 0. The van der Waals surface area contributed by atoms with Gasteiger partial charge in [-0.2, -0.15) is 0 Å². The van der Waals surface area contributed by atoms with Gasteiger partial charge in [-0.3, -0.25) is 0 Å². The van der Waals surface area contributed by atoms with Gasteiger partial charge >= 0.3 is 0 Å². The third kappa shape index (κ3) is 2.31. The summed E-state index contributed by atoms with van der Waals surface area (Å²) >= 11 is 0. The zero-order valence-electron chi connectivity index (χ0n) is 13.7. The molecule has 112 valence electrons. The number of aryl methyl sites for hydroxylation is 2. The maximum atomic E-state index is 14.1. The van der Waals surface area contributed by atoms with Crippen molar-refractivity contribution < 1.29 is 4.39 Å². The summed E-state index contributed by atoms with van der Waals surface area (Å²) in [5, 5.41) is 0. The van der Waals surface area contributed by atoms with Crippen LogP contribution >= 0.6 is 0 Å². The molecule has 0 saturated carbocycles. The zero-order chi connectivity index (χ0) is 16.0. The molecule has 0 radical (unpaired) electrons. The fourth-order valence-corrected chi connectivity index (χ4v) is 3.19. The first-order valence-corrected chi connectivity index (χ1v) is 7.64. The summed E-state index contributed by atoms with van der Waals surface area (Å²) in [7, 11) is 0. The van der Waals surface area contributed by atoms with Crippen molar-refractivity contribution in [3.8, 4) is 0 Å². The molecule has 0 N–H and O–H groups in total. The van der Waals surface area contributed by atoms with Gasteiger partial charge in [0.05, 0.1) is 0 Å². The highest BCUT2D eigenvalue weighted by molar-refractivity contribution is 5.90. The zero-order valence-corrected chi connectivity index (χ0v) is 13.7. The van der Waals surface area contributed by atoms with Gasteiger partial charge in [0, 0.05) is 0 Å². The molecule has 1 aliphatic rings. The van der Waals surface area contributed by atoms with E-state index in [2.05, 4.69) is 44.7 Å². The van der Waals surface area contributed by atoms with E-state index in [1.165, 1.54) is 22.3 Å². The van der Waals surface area contributed by atoms with Gasteiger partial charge in [0.1, 0.15) is 5.82 Å². The van der Waals surface area contributed by atoms with E-state index in [1.807, 2.05) is 13.8 Å². The van der Waals surface area contributed by atoms with Crippen LogP contribution < -0.4 is 0 Å². The summed E-state index contributed by atoms with van der Waals surface area (Å²) in [4.78, 5) is 0. The van der Waals surface area contributed by atoms with Crippen LogP contribution in [0.15, 0.2) is 36.9 Å². The predicted octanol–water partition coefficient (Wildman–Crippen LogP) is 5.71. The van der Waals surface area contributed by atoms with Crippen molar-refractivity contribution in [1.82, 2.24) is 0 Å². The minimum absolute atomic E-state index is 0.120. The maximum absolute atomic E-state index is 14.1. The van der Waals surface area contributed by atoms with Crippen LogP contribution in [-0.4, -0.2) is 0 Å². The molecule has 0 heterocycles. The molecule has 0 nitrogen and oxygen atoms in total. The number of halogens is 1. The minimum atomic E-state index is -0.120. The molecule has 0 amide bonds. The first-order valence-electron chi connectivity index (χ1n) is 7.64. The molecular weight excluding hydrogens is 271 g/mol. The molecule has 1 heteroatoms. The van der Waals surface area contributed by atoms with Gasteiger partial charge in [-0.1, -0.05) is 30.9 Å². The highest BCUT2D eigenvalue weighted by Gasteiger charge is 2.20. The Labute approximate surface area is 132 Å². The summed E-state index contributed by atoms with van der Waals surface area (Å²) in [6.07, 6.45) is 2.91. The molecule has 2 aromatic carbocycles. The normalized spacial score (nSPS) is 13.9. The molecule has 2 aromatic rings. The molecule has 22 heavy (non-hydrogen) atoms. The molecule has 0 saturated heterocycles. The van der Waals surface area contributed by atoms with Crippen LogP contribution in [0, 0.1) is 33.5 Å². The first kappa shape index (κ1) is 14.8. The summed E-state index contributed by atoms with van der Waals surface area (Å²) in [6, 6.07) is 8.17. The van der Waals surface area contributed by atoms with E-state index in [1.54, 1.807) is 6.07 Å². The number of benzene rings is 2. The van der Waals surface area contributed by atoms with E-state index < -0.39 is 0 Å². The number of hydrogen-bond acceptors (Lipinski definition) is 0. The smallest absolute Gasteiger partial charge is 0.126 e. The van der Waals surface area contributed by atoms with Crippen molar-refractivity contribution in [2.24, 2.45) is 0 Å². The van der Waals surface area contributed by atoms with Gasteiger partial charge < -0.3 is 0 Å². The lowest BCUT2D eigenvalue weighted by molar-refractivity contribution is 0.614. The summed E-state index contributed by atoms with van der Waals surface area (Å²) in [5.41, 5.74) is 9.86. The summed E-state index contributed by atoms with van der Waals surface area (Å²) < 4.78 is 14.1. The van der Waals surface area contributed by atoms with E-state index in [0.717, 1.165) is 34.2 Å². The monoisotopic (exact) mass is 292 g/mol. The Morgan fingerprint density at radius 3 is 2.36 bits per heavy atom. The molecule has 0 atom stereocenters. The van der Waals surface area contributed by atoms with Crippen LogP contribution in [0.2, 0.25) is 0 Å². The second-order valence-corrected chi connectivity index (χ2v) is 6.31. The Kier molecular flexibility index (Phi) is 3.52. The van der Waals surface area contributed by atoms with Crippen molar-refractivity contribution in [3.05, 3.63) is 81.7 Å². The predicted molar refractivity (Wildman–Crippen MR) is 92.5 cm³/mol. The average molecular weight is 292 g/mol. The lowest BCUT2D eigenvalue weighted by Crippen LogP contribution is -2.07. The highest BCUT2D eigenvalue weighted by atomic mass is 19.1. The Hall–Kier alpha value is -2.15. The molecule has 1 aliphatic carbocycles. The SMILES string of the molecule is C=C1C=C(c2ccc(C)c(C)c2)Cc2cc(F)c(C)c(C)c21. The third-order valence-corrected chi connectivity index (χ3v) is 4.85. The van der Waals surface area contributed by atoms with Crippen molar-refractivity contribution in [3.63, 3.8) is 0 Å². The third-order valence-electron chi connectivity index (χ3n) is 4.85. The summed E-state index contributed by atoms with van der Waals surface area (Å²) in [6.45, 7) is 12.3. The minimum Gasteiger partial charge on any atom is -0.207 e. The van der Waals surface area contributed by atoms with Crippen molar-refractivity contribution in [1.29, 1.82) is 0 Å². The van der Waals surface area contributed by atoms with Crippen LogP contribution in [0.5, 0.6) is 0 Å². The van der Waals surface area contributed by atoms with Gasteiger partial charge in [-0.05, 0) is 90.3 Å². The topological polar surface area (TPSA) is 0 Å². The van der Waals surface area contributed by atoms with E-state index >= 15 is 0 Å². The lowest BCUT2D eigenvalue weighted by Gasteiger charge is -2.23. The fraction of sp³-hybridized carbons (Fsp3) is 0.238. The van der Waals surface area contributed by atoms with Gasteiger partial charge in [-0.15, -0.1) is 0 Å². The molecule has 0 aromatic heterocycles. The summed E-state index contributed by atoms with van der Waals surface area (Å²) in [5.74, 6) is -0.120. The van der Waals surface area contributed by atoms with Crippen molar-refractivity contribution in [2.45, 2.75) is 34.1 Å². The second kappa shape index (κ2) is 5.24. The number of fused-ring (bicyclic) bond motifs is 1. The molecule has 0 bridgehead atoms. The van der Waals surface area contributed by atoms with Gasteiger partial charge in [0.2, 0.25) is 0 Å². The van der Waals surface area contributed by atoms with Crippen LogP contribution in [-0.2, 0) is 6.42 Å². The molecule has 0 unspecified atom stereocenters.